The minimum atomic E-state index is -3.87. The Kier molecular flexibility index (Phi) is 5.39. The van der Waals surface area contributed by atoms with E-state index >= 15 is 0 Å². The highest BCUT2D eigenvalue weighted by atomic mass is 35.5. The molecule has 0 aromatic heterocycles. The fourth-order valence-electron chi connectivity index (χ4n) is 2.37. The van der Waals surface area contributed by atoms with E-state index in [0.717, 1.165) is 0 Å². The zero-order valence-corrected chi connectivity index (χ0v) is 14.8. The highest BCUT2D eigenvalue weighted by Gasteiger charge is 2.26. The molecule has 0 aliphatic carbocycles. The van der Waals surface area contributed by atoms with Gasteiger partial charge in [0.15, 0.2) is 5.78 Å². The van der Waals surface area contributed by atoms with Crippen LogP contribution in [0.25, 0.3) is 0 Å². The second kappa shape index (κ2) is 7.53. The van der Waals surface area contributed by atoms with Gasteiger partial charge < -0.3 is 8.92 Å². The molecule has 0 N–H and O–H groups in total. The van der Waals surface area contributed by atoms with Gasteiger partial charge in [-0.2, -0.15) is 12.7 Å². The number of hydrogen-bond acceptors (Lipinski definition) is 5. The smallest absolute Gasteiger partial charge is 0.379 e. The lowest BCUT2D eigenvalue weighted by molar-refractivity contribution is 0.0698. The zero-order chi connectivity index (χ0) is 17.9. The molecular formula is C17H16ClNO5S. The summed E-state index contributed by atoms with van der Waals surface area (Å²) in [5.74, 6) is -0.0293. The van der Waals surface area contributed by atoms with E-state index in [0.29, 0.717) is 29.4 Å². The Hall–Kier alpha value is -1.93. The first-order valence-electron chi connectivity index (χ1n) is 7.63. The molecule has 2 aromatic carbocycles. The normalized spacial score (nSPS) is 15.7. The standard InChI is InChI=1S/C17H16ClNO5S/c18-15-5-1-13(2-6-15)17(20)14-3-7-16(8-4-14)24-25(21,22)19-9-11-23-12-10-19/h1-8H,9-12H2. The molecule has 0 bridgehead atoms. The lowest BCUT2D eigenvalue weighted by Gasteiger charge is -2.25. The lowest BCUT2D eigenvalue weighted by atomic mass is 10.0. The van der Waals surface area contributed by atoms with Crippen LogP contribution in [0.3, 0.4) is 0 Å². The van der Waals surface area contributed by atoms with Gasteiger partial charge in [-0.3, -0.25) is 4.79 Å². The van der Waals surface area contributed by atoms with Gasteiger partial charge in [0.25, 0.3) is 0 Å². The fraction of sp³-hybridized carbons (Fsp3) is 0.235. The van der Waals surface area contributed by atoms with Crippen molar-refractivity contribution in [2.75, 3.05) is 26.3 Å². The van der Waals surface area contributed by atoms with Crippen LogP contribution in [0, 0.1) is 0 Å². The maximum atomic E-state index is 12.4. The molecule has 1 aliphatic heterocycles. The fourth-order valence-corrected chi connectivity index (χ4v) is 3.56. The third kappa shape index (κ3) is 4.38. The molecule has 0 saturated carbocycles. The summed E-state index contributed by atoms with van der Waals surface area (Å²) in [6, 6.07) is 12.5. The number of carbonyl (C=O) groups excluding carboxylic acids is 1. The van der Waals surface area contributed by atoms with Gasteiger partial charge in [-0.1, -0.05) is 11.6 Å². The van der Waals surface area contributed by atoms with Gasteiger partial charge in [-0.25, -0.2) is 0 Å². The Morgan fingerprint density at radius 3 is 2.04 bits per heavy atom. The van der Waals surface area contributed by atoms with Crippen molar-refractivity contribution in [1.29, 1.82) is 0 Å². The van der Waals surface area contributed by atoms with E-state index in [9.17, 15) is 13.2 Å². The summed E-state index contributed by atoms with van der Waals surface area (Å²) in [6.45, 7) is 1.21. The van der Waals surface area contributed by atoms with Gasteiger partial charge in [-0.05, 0) is 48.5 Å². The Morgan fingerprint density at radius 2 is 1.48 bits per heavy atom. The van der Waals surface area contributed by atoms with E-state index in [1.54, 1.807) is 24.3 Å². The molecule has 132 valence electrons. The third-order valence-electron chi connectivity index (χ3n) is 3.71. The molecule has 3 rings (SSSR count). The van der Waals surface area contributed by atoms with E-state index in [1.807, 2.05) is 0 Å². The first-order valence-corrected chi connectivity index (χ1v) is 9.38. The average molecular weight is 382 g/mol. The van der Waals surface area contributed by atoms with E-state index in [4.69, 9.17) is 20.5 Å². The predicted octanol–water partition coefficient (Wildman–Crippen LogP) is 2.53. The molecule has 0 unspecified atom stereocenters. The van der Waals surface area contributed by atoms with Crippen LogP contribution in [0.1, 0.15) is 15.9 Å². The topological polar surface area (TPSA) is 72.9 Å². The van der Waals surface area contributed by atoms with Crippen molar-refractivity contribution in [3.63, 3.8) is 0 Å². The molecule has 2 aromatic rings. The minimum absolute atomic E-state index is 0.152. The number of rotatable bonds is 5. The molecule has 0 spiro atoms. The second-order valence-electron chi connectivity index (χ2n) is 5.41. The molecule has 8 heteroatoms. The monoisotopic (exact) mass is 381 g/mol. The Balaban J connectivity index is 1.71. The SMILES string of the molecule is O=C(c1ccc(Cl)cc1)c1ccc(OS(=O)(=O)N2CCOCC2)cc1. The van der Waals surface area contributed by atoms with Crippen LogP contribution in [0.5, 0.6) is 5.75 Å². The van der Waals surface area contributed by atoms with Crippen molar-refractivity contribution in [3.8, 4) is 5.75 Å². The molecule has 1 saturated heterocycles. The van der Waals surface area contributed by atoms with E-state index < -0.39 is 10.3 Å². The highest BCUT2D eigenvalue weighted by molar-refractivity contribution is 7.84. The summed E-state index contributed by atoms with van der Waals surface area (Å²) in [4.78, 5) is 12.4. The van der Waals surface area contributed by atoms with Crippen LogP contribution >= 0.6 is 11.6 Å². The number of nitrogens with zero attached hydrogens (tertiary/aromatic N) is 1. The van der Waals surface area contributed by atoms with Crippen LogP contribution in [0.2, 0.25) is 5.02 Å². The molecule has 0 radical (unpaired) electrons. The summed E-state index contributed by atoms with van der Waals surface area (Å²) < 4.78 is 35.9. The Bertz CT molecular complexity index is 844. The molecular weight excluding hydrogens is 366 g/mol. The number of halogens is 1. The van der Waals surface area contributed by atoms with Gasteiger partial charge in [0.1, 0.15) is 5.75 Å². The van der Waals surface area contributed by atoms with Crippen LogP contribution in [0.4, 0.5) is 0 Å². The number of ketones is 1. The van der Waals surface area contributed by atoms with Gasteiger partial charge >= 0.3 is 10.3 Å². The van der Waals surface area contributed by atoms with Crippen molar-refractivity contribution in [2.45, 2.75) is 0 Å². The maximum absolute atomic E-state index is 12.4. The van der Waals surface area contributed by atoms with Crippen molar-refractivity contribution in [3.05, 3.63) is 64.7 Å². The average Bonchev–Trinajstić information content (AvgIpc) is 2.63. The molecule has 0 atom stereocenters. The molecule has 0 amide bonds. The number of morpholine rings is 1. The summed E-state index contributed by atoms with van der Waals surface area (Å²) in [6.07, 6.45) is 0. The van der Waals surface area contributed by atoms with Gasteiger partial charge in [0.05, 0.1) is 13.2 Å². The molecule has 1 aliphatic rings. The molecule has 1 heterocycles. The summed E-state index contributed by atoms with van der Waals surface area (Å²) in [7, 11) is -3.87. The maximum Gasteiger partial charge on any atom is 0.385 e. The Labute approximate surface area is 151 Å². The number of carbonyl (C=O) groups is 1. The van der Waals surface area contributed by atoms with Crippen molar-refractivity contribution >= 4 is 27.7 Å². The summed E-state index contributed by atoms with van der Waals surface area (Å²) in [5, 5.41) is 0.550. The third-order valence-corrected chi connectivity index (χ3v) is 5.36. The van der Waals surface area contributed by atoms with Gasteiger partial charge in [0.2, 0.25) is 0 Å². The lowest BCUT2D eigenvalue weighted by Crippen LogP contribution is -2.42. The van der Waals surface area contributed by atoms with Crippen molar-refractivity contribution in [2.24, 2.45) is 0 Å². The molecule has 25 heavy (non-hydrogen) atoms. The highest BCUT2D eigenvalue weighted by Crippen LogP contribution is 2.19. The first kappa shape index (κ1) is 17.9. The largest absolute Gasteiger partial charge is 0.385 e. The van der Waals surface area contributed by atoms with E-state index in [1.165, 1.54) is 28.6 Å². The minimum Gasteiger partial charge on any atom is -0.379 e. The summed E-state index contributed by atoms with van der Waals surface area (Å²) >= 11 is 5.81. The zero-order valence-electron chi connectivity index (χ0n) is 13.2. The van der Waals surface area contributed by atoms with E-state index in [2.05, 4.69) is 0 Å². The Morgan fingerprint density at radius 1 is 0.960 bits per heavy atom. The predicted molar refractivity (Wildman–Crippen MR) is 93.3 cm³/mol. The van der Waals surface area contributed by atoms with E-state index in [-0.39, 0.29) is 24.6 Å². The van der Waals surface area contributed by atoms with Crippen LogP contribution in [-0.2, 0) is 15.0 Å². The molecule has 6 nitrogen and oxygen atoms in total. The number of benzene rings is 2. The van der Waals surface area contributed by atoms with Crippen LogP contribution in [0.15, 0.2) is 48.5 Å². The van der Waals surface area contributed by atoms with Gasteiger partial charge in [0, 0.05) is 29.2 Å². The summed E-state index contributed by atoms with van der Waals surface area (Å²) in [5.41, 5.74) is 0.928. The van der Waals surface area contributed by atoms with Crippen LogP contribution < -0.4 is 4.18 Å². The number of hydrogen-bond donors (Lipinski definition) is 0. The second-order valence-corrected chi connectivity index (χ2v) is 7.39. The van der Waals surface area contributed by atoms with Crippen molar-refractivity contribution < 1.29 is 22.1 Å². The van der Waals surface area contributed by atoms with Crippen LogP contribution in [-0.4, -0.2) is 44.8 Å². The first-order chi connectivity index (χ1) is 12.0. The van der Waals surface area contributed by atoms with Gasteiger partial charge in [-0.15, -0.1) is 0 Å². The molecule has 1 fully saturated rings. The number of ether oxygens (including phenoxy) is 1. The quantitative estimate of drug-likeness (QED) is 0.744. The van der Waals surface area contributed by atoms with Crippen molar-refractivity contribution in [1.82, 2.24) is 4.31 Å².